The molecule has 1 aromatic rings. The molecule has 0 saturated carbocycles. The molecule has 0 bridgehead atoms. The molecule has 0 radical (unpaired) electrons. The average Bonchev–Trinajstić information content (AvgIpc) is 2.51. The van der Waals surface area contributed by atoms with Crippen LogP contribution >= 0.6 is 0 Å². The Hall–Kier alpha value is -1.11. The number of alkyl halides is 3. The van der Waals surface area contributed by atoms with E-state index in [0.717, 1.165) is 0 Å². The zero-order valence-corrected chi connectivity index (χ0v) is 7.81. The number of halogens is 3. The van der Waals surface area contributed by atoms with Gasteiger partial charge in [-0.05, 0) is 0 Å². The molecule has 0 fully saturated rings. The predicted octanol–water partition coefficient (Wildman–Crippen LogP) is 1.06. The van der Waals surface area contributed by atoms with Gasteiger partial charge in [0.2, 0.25) is 5.82 Å². The maximum absolute atomic E-state index is 12.1. The third-order valence-electron chi connectivity index (χ3n) is 1.87. The highest BCUT2D eigenvalue weighted by Crippen LogP contribution is 2.27. The minimum atomic E-state index is -4.49. The van der Waals surface area contributed by atoms with Crippen LogP contribution in [0.3, 0.4) is 0 Å². The fourth-order valence-electron chi connectivity index (χ4n) is 0.783. The third kappa shape index (κ3) is 2.03. The van der Waals surface area contributed by atoms with Gasteiger partial charge in [-0.15, -0.1) is 0 Å². The van der Waals surface area contributed by atoms with Crippen molar-refractivity contribution in [3.05, 3.63) is 11.6 Å². The van der Waals surface area contributed by atoms with E-state index in [1.165, 1.54) is 0 Å². The van der Waals surface area contributed by atoms with Crippen molar-refractivity contribution in [2.24, 2.45) is 5.73 Å². The molecule has 1 heterocycles. The predicted molar refractivity (Wildman–Crippen MR) is 43.5 cm³/mol. The van der Waals surface area contributed by atoms with E-state index in [4.69, 9.17) is 5.73 Å². The molecular weight excluding hydrogens is 197 g/mol. The van der Waals surface area contributed by atoms with E-state index >= 15 is 0 Å². The molecule has 0 aliphatic heterocycles. The van der Waals surface area contributed by atoms with Gasteiger partial charge in [-0.25, -0.2) is 4.98 Å². The third-order valence-corrected chi connectivity index (χ3v) is 1.87. The molecule has 0 saturated heterocycles. The number of aromatic amines is 1. The van der Waals surface area contributed by atoms with Crippen LogP contribution in [0.2, 0.25) is 0 Å². The molecule has 0 spiro atoms. The summed E-state index contributed by atoms with van der Waals surface area (Å²) in [4.78, 5) is 3.35. The Labute approximate surface area is 78.7 Å². The maximum Gasteiger partial charge on any atom is 0.451 e. The Morgan fingerprint density at radius 1 is 1.36 bits per heavy atom. The summed E-state index contributed by atoms with van der Waals surface area (Å²) in [5, 5.41) is 5.33. The molecule has 14 heavy (non-hydrogen) atoms. The Balaban J connectivity index is 3.00. The number of hydrogen-bond donors (Lipinski definition) is 2. The molecular formula is C7H11F3N4. The molecule has 0 atom stereocenters. The van der Waals surface area contributed by atoms with Crippen LogP contribution in [0.15, 0.2) is 0 Å². The van der Waals surface area contributed by atoms with Gasteiger partial charge in [-0.3, -0.25) is 5.10 Å². The lowest BCUT2D eigenvalue weighted by Crippen LogP contribution is -2.29. The first-order valence-electron chi connectivity index (χ1n) is 3.97. The largest absolute Gasteiger partial charge is 0.451 e. The van der Waals surface area contributed by atoms with Gasteiger partial charge < -0.3 is 5.73 Å². The minimum Gasteiger partial charge on any atom is -0.329 e. The van der Waals surface area contributed by atoms with Crippen molar-refractivity contribution in [2.45, 2.75) is 25.4 Å². The van der Waals surface area contributed by atoms with Crippen molar-refractivity contribution in [3.8, 4) is 0 Å². The van der Waals surface area contributed by atoms with E-state index in [1.54, 1.807) is 13.8 Å². The topological polar surface area (TPSA) is 67.6 Å². The van der Waals surface area contributed by atoms with Gasteiger partial charge in [0.05, 0.1) is 0 Å². The first-order chi connectivity index (χ1) is 6.27. The highest BCUT2D eigenvalue weighted by molar-refractivity contribution is 5.06. The van der Waals surface area contributed by atoms with Crippen molar-refractivity contribution in [1.29, 1.82) is 0 Å². The van der Waals surface area contributed by atoms with Crippen molar-refractivity contribution in [1.82, 2.24) is 15.2 Å². The molecule has 3 N–H and O–H groups in total. The summed E-state index contributed by atoms with van der Waals surface area (Å²) in [6.45, 7) is 3.54. The standard InChI is InChI=1S/C7H11F3N4/c1-6(2,3-11)4-12-5(14-13-4)7(8,9)10/h3,11H2,1-2H3,(H,12,13,14). The van der Waals surface area contributed by atoms with Gasteiger partial charge in [-0.2, -0.15) is 18.3 Å². The Morgan fingerprint density at radius 2 is 1.93 bits per heavy atom. The average molecular weight is 208 g/mol. The zero-order chi connectivity index (χ0) is 11.0. The van der Waals surface area contributed by atoms with E-state index < -0.39 is 17.4 Å². The fraction of sp³-hybridized carbons (Fsp3) is 0.714. The van der Waals surface area contributed by atoms with Crippen LogP contribution in [0.5, 0.6) is 0 Å². The van der Waals surface area contributed by atoms with Crippen LogP contribution in [-0.2, 0) is 11.6 Å². The van der Waals surface area contributed by atoms with E-state index in [2.05, 4.69) is 10.1 Å². The lowest BCUT2D eigenvalue weighted by molar-refractivity contribution is -0.144. The van der Waals surface area contributed by atoms with Crippen LogP contribution < -0.4 is 5.73 Å². The van der Waals surface area contributed by atoms with Crippen LogP contribution in [-0.4, -0.2) is 21.7 Å². The van der Waals surface area contributed by atoms with E-state index in [0.29, 0.717) is 0 Å². The number of rotatable bonds is 2. The number of aromatic nitrogens is 3. The molecule has 80 valence electrons. The van der Waals surface area contributed by atoms with Crippen LogP contribution in [0.25, 0.3) is 0 Å². The Kier molecular flexibility index (Phi) is 2.53. The summed E-state index contributed by atoms with van der Waals surface area (Å²) >= 11 is 0. The van der Waals surface area contributed by atoms with E-state index in [1.807, 2.05) is 5.10 Å². The van der Waals surface area contributed by atoms with Gasteiger partial charge >= 0.3 is 6.18 Å². The second-order valence-electron chi connectivity index (χ2n) is 3.59. The highest BCUT2D eigenvalue weighted by atomic mass is 19.4. The van der Waals surface area contributed by atoms with Crippen molar-refractivity contribution < 1.29 is 13.2 Å². The summed E-state index contributed by atoms with van der Waals surface area (Å²) in [5.74, 6) is -1.01. The normalized spacial score (nSPS) is 13.3. The SMILES string of the molecule is CC(C)(CN)c1n[nH]c(C(F)(F)F)n1. The first kappa shape index (κ1) is 11.0. The quantitative estimate of drug-likeness (QED) is 0.763. The lowest BCUT2D eigenvalue weighted by Gasteiger charge is -2.17. The second kappa shape index (κ2) is 3.23. The smallest absolute Gasteiger partial charge is 0.329 e. The molecule has 1 aromatic heterocycles. The zero-order valence-electron chi connectivity index (χ0n) is 7.81. The summed E-state index contributed by atoms with van der Waals surface area (Å²) in [5.41, 5.74) is 4.73. The van der Waals surface area contributed by atoms with E-state index in [-0.39, 0.29) is 12.4 Å². The molecule has 0 aliphatic carbocycles. The highest BCUT2D eigenvalue weighted by Gasteiger charge is 2.37. The van der Waals surface area contributed by atoms with Crippen LogP contribution in [0.1, 0.15) is 25.5 Å². The molecule has 0 amide bonds. The van der Waals surface area contributed by atoms with Crippen molar-refractivity contribution in [2.75, 3.05) is 6.54 Å². The fourth-order valence-corrected chi connectivity index (χ4v) is 0.783. The summed E-state index contributed by atoms with van der Waals surface area (Å²) in [7, 11) is 0. The number of hydrogen-bond acceptors (Lipinski definition) is 3. The summed E-state index contributed by atoms with van der Waals surface area (Å²) < 4.78 is 36.4. The van der Waals surface area contributed by atoms with Gasteiger partial charge in [0.15, 0.2) is 5.82 Å². The van der Waals surface area contributed by atoms with Crippen molar-refractivity contribution >= 4 is 0 Å². The Morgan fingerprint density at radius 3 is 2.29 bits per heavy atom. The molecule has 7 heteroatoms. The molecule has 0 aliphatic rings. The summed E-state index contributed by atoms with van der Waals surface area (Å²) in [6.07, 6.45) is -4.49. The second-order valence-corrected chi connectivity index (χ2v) is 3.59. The molecule has 4 nitrogen and oxygen atoms in total. The maximum atomic E-state index is 12.1. The monoisotopic (exact) mass is 208 g/mol. The number of nitrogens with two attached hydrogens (primary N) is 1. The Bertz CT molecular complexity index is 315. The van der Waals surface area contributed by atoms with Crippen LogP contribution in [0, 0.1) is 0 Å². The van der Waals surface area contributed by atoms with Gasteiger partial charge in [0, 0.05) is 12.0 Å². The van der Waals surface area contributed by atoms with Crippen LogP contribution in [0.4, 0.5) is 13.2 Å². The molecule has 1 rings (SSSR count). The van der Waals surface area contributed by atoms with Gasteiger partial charge in [0.1, 0.15) is 0 Å². The lowest BCUT2D eigenvalue weighted by atomic mass is 9.93. The molecule has 0 unspecified atom stereocenters. The summed E-state index contributed by atoms with van der Waals surface area (Å²) in [6, 6.07) is 0. The van der Waals surface area contributed by atoms with Gasteiger partial charge in [0.25, 0.3) is 0 Å². The van der Waals surface area contributed by atoms with Gasteiger partial charge in [-0.1, -0.05) is 13.8 Å². The number of H-pyrrole nitrogens is 1. The minimum absolute atomic E-state index is 0.0762. The number of nitrogens with one attached hydrogen (secondary N) is 1. The van der Waals surface area contributed by atoms with Crippen molar-refractivity contribution in [3.63, 3.8) is 0 Å². The number of nitrogens with zero attached hydrogens (tertiary/aromatic N) is 2. The first-order valence-corrected chi connectivity index (χ1v) is 3.97. The van der Waals surface area contributed by atoms with E-state index in [9.17, 15) is 13.2 Å². The molecule has 0 aromatic carbocycles.